The molecular formula is C20H24N4O5. The third-order valence-electron chi connectivity index (χ3n) is 4.45. The van der Waals surface area contributed by atoms with Gasteiger partial charge in [-0.15, -0.1) is 0 Å². The number of amides is 2. The number of hydrogen-bond donors (Lipinski definition) is 2. The Morgan fingerprint density at radius 1 is 1.17 bits per heavy atom. The molecule has 154 valence electrons. The van der Waals surface area contributed by atoms with E-state index in [2.05, 4.69) is 4.98 Å². The molecule has 1 saturated heterocycles. The topological polar surface area (TPSA) is 126 Å². The number of hydrogen-bond acceptors (Lipinski definition) is 6. The summed E-state index contributed by atoms with van der Waals surface area (Å²) in [5, 5.41) is 6.89. The van der Waals surface area contributed by atoms with Crippen LogP contribution < -0.4 is 15.4 Å². The molecule has 2 heterocycles. The largest absolute Gasteiger partial charge is 0.497 e. The van der Waals surface area contributed by atoms with Crippen LogP contribution in [0.3, 0.4) is 0 Å². The molecule has 2 aromatic rings. The molecule has 0 aliphatic carbocycles. The van der Waals surface area contributed by atoms with Gasteiger partial charge in [-0.1, -0.05) is 6.07 Å². The van der Waals surface area contributed by atoms with Crippen molar-refractivity contribution >= 4 is 24.1 Å². The van der Waals surface area contributed by atoms with E-state index in [0.29, 0.717) is 48.9 Å². The van der Waals surface area contributed by atoms with Crippen molar-refractivity contribution in [3.05, 3.63) is 53.7 Å². The number of carboxylic acid groups (broad SMARTS) is 1. The molecule has 0 unspecified atom stereocenters. The number of carbonyl (C=O) groups excluding carboxylic acids is 2. The maximum absolute atomic E-state index is 12.8. The van der Waals surface area contributed by atoms with Gasteiger partial charge in [0.1, 0.15) is 11.6 Å². The van der Waals surface area contributed by atoms with E-state index >= 15 is 0 Å². The predicted molar refractivity (Wildman–Crippen MR) is 107 cm³/mol. The Morgan fingerprint density at radius 2 is 1.93 bits per heavy atom. The van der Waals surface area contributed by atoms with Gasteiger partial charge in [-0.2, -0.15) is 0 Å². The Bertz CT molecular complexity index is 858. The Kier molecular flexibility index (Phi) is 7.96. The molecule has 29 heavy (non-hydrogen) atoms. The van der Waals surface area contributed by atoms with Crippen LogP contribution in [0.1, 0.15) is 27.1 Å². The fourth-order valence-electron chi connectivity index (χ4n) is 3.11. The molecule has 2 amide bonds. The van der Waals surface area contributed by atoms with E-state index in [0.717, 1.165) is 6.42 Å². The van der Waals surface area contributed by atoms with Crippen LogP contribution in [0.5, 0.6) is 5.75 Å². The van der Waals surface area contributed by atoms with Crippen LogP contribution in [-0.4, -0.2) is 66.6 Å². The zero-order valence-electron chi connectivity index (χ0n) is 16.2. The van der Waals surface area contributed by atoms with Crippen LogP contribution in [0.15, 0.2) is 42.6 Å². The minimum Gasteiger partial charge on any atom is -0.497 e. The SMILES string of the molecule is COc1cccc(C(=O)N2CCCN(c3ncccc3C(N)=O)CC2)c1.O=CO. The van der Waals surface area contributed by atoms with Crippen molar-refractivity contribution in [2.24, 2.45) is 5.73 Å². The highest BCUT2D eigenvalue weighted by molar-refractivity contribution is 5.97. The van der Waals surface area contributed by atoms with Gasteiger partial charge in [0.05, 0.1) is 12.7 Å². The Balaban J connectivity index is 0.000000941. The van der Waals surface area contributed by atoms with E-state index in [1.165, 1.54) is 0 Å². The lowest BCUT2D eigenvalue weighted by Gasteiger charge is -2.24. The molecule has 1 aromatic heterocycles. The molecule has 1 aromatic carbocycles. The van der Waals surface area contributed by atoms with E-state index in [-0.39, 0.29) is 12.4 Å². The van der Waals surface area contributed by atoms with Gasteiger partial charge in [0.15, 0.2) is 0 Å². The summed E-state index contributed by atoms with van der Waals surface area (Å²) in [6, 6.07) is 10.5. The van der Waals surface area contributed by atoms with E-state index in [9.17, 15) is 9.59 Å². The molecule has 0 radical (unpaired) electrons. The van der Waals surface area contributed by atoms with Crippen molar-refractivity contribution in [3.63, 3.8) is 0 Å². The summed E-state index contributed by atoms with van der Waals surface area (Å²) >= 11 is 0. The minimum atomic E-state index is -0.498. The summed E-state index contributed by atoms with van der Waals surface area (Å²) in [5.74, 6) is 0.714. The molecule has 3 N–H and O–H groups in total. The summed E-state index contributed by atoms with van der Waals surface area (Å²) in [7, 11) is 1.58. The van der Waals surface area contributed by atoms with E-state index in [1.807, 2.05) is 21.9 Å². The molecule has 0 saturated carbocycles. The predicted octanol–water partition coefficient (Wildman–Crippen LogP) is 1.24. The van der Waals surface area contributed by atoms with Crippen molar-refractivity contribution in [2.45, 2.75) is 6.42 Å². The molecule has 1 fully saturated rings. The number of rotatable bonds is 4. The van der Waals surface area contributed by atoms with Crippen LogP contribution in [0.4, 0.5) is 5.82 Å². The molecule has 0 spiro atoms. The van der Waals surface area contributed by atoms with Crippen molar-refractivity contribution in [3.8, 4) is 5.75 Å². The zero-order valence-corrected chi connectivity index (χ0v) is 16.2. The number of primary amides is 1. The first kappa shape index (κ1) is 21.7. The Hall–Kier alpha value is -3.62. The second-order valence-corrected chi connectivity index (χ2v) is 6.21. The fourth-order valence-corrected chi connectivity index (χ4v) is 3.11. The van der Waals surface area contributed by atoms with Gasteiger partial charge in [0.25, 0.3) is 18.3 Å². The third kappa shape index (κ3) is 5.68. The van der Waals surface area contributed by atoms with Gasteiger partial charge in [-0.3, -0.25) is 14.4 Å². The van der Waals surface area contributed by atoms with Crippen LogP contribution in [0, 0.1) is 0 Å². The van der Waals surface area contributed by atoms with Gasteiger partial charge in [-0.05, 0) is 36.8 Å². The van der Waals surface area contributed by atoms with Gasteiger partial charge >= 0.3 is 0 Å². The number of aromatic nitrogens is 1. The molecule has 9 heteroatoms. The maximum Gasteiger partial charge on any atom is 0.290 e. The maximum atomic E-state index is 12.8. The number of methoxy groups -OCH3 is 1. The zero-order chi connectivity index (χ0) is 21.2. The lowest BCUT2D eigenvalue weighted by molar-refractivity contribution is -0.122. The number of benzene rings is 1. The average Bonchev–Trinajstić information content (AvgIpc) is 3.00. The van der Waals surface area contributed by atoms with Crippen LogP contribution in [0.25, 0.3) is 0 Å². The standard InChI is InChI=1S/C19H22N4O3.CH2O2/c1-26-15-6-2-5-14(13-15)19(25)23-10-4-9-22(11-12-23)18-16(17(20)24)7-3-8-21-18;2-1-3/h2-3,5-8,13H,4,9-12H2,1H3,(H2,20,24);1H,(H,2,3). The van der Waals surface area contributed by atoms with Crippen molar-refractivity contribution in [2.75, 3.05) is 38.2 Å². The molecule has 9 nitrogen and oxygen atoms in total. The lowest BCUT2D eigenvalue weighted by atomic mass is 10.2. The highest BCUT2D eigenvalue weighted by atomic mass is 16.5. The molecule has 1 aliphatic rings. The lowest BCUT2D eigenvalue weighted by Crippen LogP contribution is -2.36. The van der Waals surface area contributed by atoms with Crippen LogP contribution >= 0.6 is 0 Å². The van der Waals surface area contributed by atoms with E-state index in [4.69, 9.17) is 20.4 Å². The first-order valence-electron chi connectivity index (χ1n) is 9.02. The quantitative estimate of drug-likeness (QED) is 0.740. The normalized spacial score (nSPS) is 13.6. The monoisotopic (exact) mass is 400 g/mol. The summed E-state index contributed by atoms with van der Waals surface area (Å²) in [4.78, 5) is 41.0. The van der Waals surface area contributed by atoms with E-state index in [1.54, 1.807) is 37.6 Å². The first-order valence-corrected chi connectivity index (χ1v) is 9.02. The number of ether oxygens (including phenoxy) is 1. The van der Waals surface area contributed by atoms with Crippen molar-refractivity contribution in [1.29, 1.82) is 0 Å². The third-order valence-corrected chi connectivity index (χ3v) is 4.45. The molecular weight excluding hydrogens is 376 g/mol. The molecule has 3 rings (SSSR count). The second kappa shape index (κ2) is 10.6. The van der Waals surface area contributed by atoms with Crippen LogP contribution in [0.2, 0.25) is 0 Å². The summed E-state index contributed by atoms with van der Waals surface area (Å²) in [5.41, 5.74) is 6.47. The highest BCUT2D eigenvalue weighted by Gasteiger charge is 2.23. The summed E-state index contributed by atoms with van der Waals surface area (Å²) in [6.07, 6.45) is 2.43. The van der Waals surface area contributed by atoms with Gasteiger partial charge < -0.3 is 25.4 Å². The fraction of sp³-hybridized carbons (Fsp3) is 0.300. The Labute approximate surface area is 168 Å². The number of nitrogens with two attached hydrogens (primary N) is 1. The molecule has 0 atom stereocenters. The first-order chi connectivity index (χ1) is 14.0. The van der Waals surface area contributed by atoms with Gasteiger partial charge in [-0.25, -0.2) is 4.98 Å². The van der Waals surface area contributed by atoms with Gasteiger partial charge in [0, 0.05) is 37.9 Å². The number of nitrogens with zero attached hydrogens (tertiary/aromatic N) is 3. The molecule has 0 bridgehead atoms. The highest BCUT2D eigenvalue weighted by Crippen LogP contribution is 2.20. The summed E-state index contributed by atoms with van der Waals surface area (Å²) in [6.45, 7) is 2.24. The van der Waals surface area contributed by atoms with Crippen molar-refractivity contribution < 1.29 is 24.2 Å². The molecule has 1 aliphatic heterocycles. The number of pyridine rings is 1. The Morgan fingerprint density at radius 3 is 2.62 bits per heavy atom. The van der Waals surface area contributed by atoms with Gasteiger partial charge in [0.2, 0.25) is 0 Å². The minimum absolute atomic E-state index is 0.0260. The smallest absolute Gasteiger partial charge is 0.290 e. The van der Waals surface area contributed by atoms with Crippen LogP contribution in [-0.2, 0) is 4.79 Å². The summed E-state index contributed by atoms with van der Waals surface area (Å²) < 4.78 is 5.20. The van der Waals surface area contributed by atoms with E-state index < -0.39 is 5.91 Å². The number of anilines is 1. The number of carbonyl (C=O) groups is 3. The second-order valence-electron chi connectivity index (χ2n) is 6.21. The van der Waals surface area contributed by atoms with Crippen molar-refractivity contribution in [1.82, 2.24) is 9.88 Å². The average molecular weight is 400 g/mol.